The molecule has 1 heterocycles. The number of aromatic nitrogens is 3. The van der Waals surface area contributed by atoms with Crippen molar-refractivity contribution in [3.05, 3.63) is 41.7 Å². The third-order valence-electron chi connectivity index (χ3n) is 2.47. The Hall–Kier alpha value is -2.44. The fourth-order valence-electron chi connectivity index (χ4n) is 1.52. The monoisotopic (exact) mass is 250 g/mol. The maximum Gasteiger partial charge on any atom is 0.337 e. The maximum absolute atomic E-state index is 13.6. The van der Waals surface area contributed by atoms with Crippen molar-refractivity contribution >= 4 is 11.7 Å². The average molecular weight is 250 g/mol. The fourth-order valence-corrected chi connectivity index (χ4v) is 1.52. The Morgan fingerprint density at radius 1 is 1.56 bits per heavy atom. The molecule has 2 rings (SSSR count). The van der Waals surface area contributed by atoms with E-state index in [-0.39, 0.29) is 17.8 Å². The third kappa shape index (κ3) is 2.29. The van der Waals surface area contributed by atoms with Crippen LogP contribution in [0.1, 0.15) is 16.2 Å². The second kappa shape index (κ2) is 4.82. The highest BCUT2D eigenvalue weighted by Crippen LogP contribution is 2.20. The van der Waals surface area contributed by atoms with Gasteiger partial charge in [0.25, 0.3) is 0 Å². The van der Waals surface area contributed by atoms with Crippen LogP contribution in [0.15, 0.2) is 24.5 Å². The molecule has 0 fully saturated rings. The van der Waals surface area contributed by atoms with Gasteiger partial charge in [-0.25, -0.2) is 9.18 Å². The molecule has 0 aliphatic carbocycles. The van der Waals surface area contributed by atoms with Gasteiger partial charge in [0.15, 0.2) is 5.82 Å². The van der Waals surface area contributed by atoms with Gasteiger partial charge >= 0.3 is 5.97 Å². The topological polar surface area (TPSA) is 80.0 Å². The molecule has 0 aliphatic rings. The molecule has 94 valence electrons. The molecule has 18 heavy (non-hydrogen) atoms. The molecule has 1 aromatic heterocycles. The van der Waals surface area contributed by atoms with E-state index in [0.29, 0.717) is 5.82 Å². The van der Waals surface area contributed by atoms with E-state index in [9.17, 15) is 9.18 Å². The quantitative estimate of drug-likeness (QED) is 0.854. The van der Waals surface area contributed by atoms with E-state index >= 15 is 0 Å². The van der Waals surface area contributed by atoms with Gasteiger partial charge in [0, 0.05) is 7.05 Å². The van der Waals surface area contributed by atoms with Gasteiger partial charge in [-0.2, -0.15) is 0 Å². The minimum absolute atomic E-state index is 0.0481. The van der Waals surface area contributed by atoms with Crippen molar-refractivity contribution in [3.63, 3.8) is 0 Å². The molecule has 0 aliphatic heterocycles. The molecule has 2 aromatic rings. The Morgan fingerprint density at radius 2 is 2.33 bits per heavy atom. The van der Waals surface area contributed by atoms with Gasteiger partial charge < -0.3 is 15.0 Å². The number of hydrogen-bond acceptors (Lipinski definition) is 4. The highest BCUT2D eigenvalue weighted by Gasteiger charge is 2.14. The number of carbonyl (C=O) groups is 1. The van der Waals surface area contributed by atoms with Gasteiger partial charge in [-0.3, -0.25) is 0 Å². The summed E-state index contributed by atoms with van der Waals surface area (Å²) in [5, 5.41) is 19.2. The zero-order valence-electron chi connectivity index (χ0n) is 9.59. The van der Waals surface area contributed by atoms with Crippen LogP contribution >= 0.6 is 0 Å². The molecule has 0 spiro atoms. The molecule has 6 nitrogen and oxygen atoms in total. The number of halogens is 1. The predicted octanol–water partition coefficient (Wildman–Crippen LogP) is 1.26. The number of nitrogens with zero attached hydrogens (tertiary/aromatic N) is 3. The highest BCUT2D eigenvalue weighted by atomic mass is 19.1. The van der Waals surface area contributed by atoms with E-state index in [1.165, 1.54) is 24.5 Å². The largest absolute Gasteiger partial charge is 0.478 e. The van der Waals surface area contributed by atoms with Crippen LogP contribution in [0, 0.1) is 5.82 Å². The average Bonchev–Trinajstić information content (AvgIpc) is 2.73. The van der Waals surface area contributed by atoms with E-state index < -0.39 is 11.8 Å². The molecule has 0 atom stereocenters. The first-order valence-corrected chi connectivity index (χ1v) is 5.18. The Balaban J connectivity index is 2.24. The van der Waals surface area contributed by atoms with Crippen molar-refractivity contribution in [2.24, 2.45) is 7.05 Å². The van der Waals surface area contributed by atoms with Gasteiger partial charge in [-0.05, 0) is 12.1 Å². The Morgan fingerprint density at radius 3 is 2.94 bits per heavy atom. The number of carboxylic acid groups (broad SMARTS) is 1. The van der Waals surface area contributed by atoms with Crippen molar-refractivity contribution < 1.29 is 14.3 Å². The number of rotatable bonds is 4. The summed E-state index contributed by atoms with van der Waals surface area (Å²) in [6.07, 6.45) is 1.51. The van der Waals surface area contributed by atoms with E-state index in [4.69, 9.17) is 5.11 Å². The van der Waals surface area contributed by atoms with Gasteiger partial charge in [-0.1, -0.05) is 6.07 Å². The standard InChI is InChI=1S/C11H11FN4O2/c1-16-6-14-15-9(16)5-13-10-7(11(17)18)3-2-4-8(10)12/h2-4,6,13H,5H2,1H3,(H,17,18). The van der Waals surface area contributed by atoms with Crippen LogP contribution in [0.3, 0.4) is 0 Å². The zero-order valence-corrected chi connectivity index (χ0v) is 9.59. The molecular formula is C11H11FN4O2. The van der Waals surface area contributed by atoms with E-state index in [1.807, 2.05) is 0 Å². The summed E-state index contributed by atoms with van der Waals surface area (Å²) in [5.74, 6) is -1.22. The van der Waals surface area contributed by atoms with Crippen molar-refractivity contribution in [2.45, 2.75) is 6.54 Å². The van der Waals surface area contributed by atoms with E-state index in [2.05, 4.69) is 15.5 Å². The Bertz CT molecular complexity index is 582. The summed E-state index contributed by atoms with van der Waals surface area (Å²) in [6, 6.07) is 3.89. The minimum atomic E-state index is -1.19. The lowest BCUT2D eigenvalue weighted by atomic mass is 10.1. The molecule has 1 aromatic carbocycles. The van der Waals surface area contributed by atoms with Crippen molar-refractivity contribution in [1.82, 2.24) is 14.8 Å². The summed E-state index contributed by atoms with van der Waals surface area (Å²) in [4.78, 5) is 11.0. The first-order valence-electron chi connectivity index (χ1n) is 5.18. The van der Waals surface area contributed by atoms with Crippen LogP contribution in [-0.4, -0.2) is 25.8 Å². The maximum atomic E-state index is 13.6. The second-order valence-corrected chi connectivity index (χ2v) is 3.68. The lowest BCUT2D eigenvalue weighted by molar-refractivity contribution is 0.0697. The minimum Gasteiger partial charge on any atom is -0.478 e. The fraction of sp³-hybridized carbons (Fsp3) is 0.182. The molecular weight excluding hydrogens is 239 g/mol. The van der Waals surface area contributed by atoms with Crippen LogP contribution in [0.25, 0.3) is 0 Å². The van der Waals surface area contributed by atoms with Crippen LogP contribution in [0.2, 0.25) is 0 Å². The summed E-state index contributed by atoms with van der Waals surface area (Å²) in [6.45, 7) is 0.192. The lowest BCUT2D eigenvalue weighted by Gasteiger charge is -2.09. The summed E-state index contributed by atoms with van der Waals surface area (Å²) >= 11 is 0. The van der Waals surface area contributed by atoms with E-state index in [1.54, 1.807) is 11.6 Å². The van der Waals surface area contributed by atoms with Crippen molar-refractivity contribution in [2.75, 3.05) is 5.32 Å². The lowest BCUT2D eigenvalue weighted by Crippen LogP contribution is -2.11. The number of anilines is 1. The smallest absolute Gasteiger partial charge is 0.337 e. The number of benzene rings is 1. The van der Waals surface area contributed by atoms with Crippen LogP contribution in [-0.2, 0) is 13.6 Å². The first-order chi connectivity index (χ1) is 8.59. The molecule has 0 saturated heterocycles. The van der Waals surface area contributed by atoms with Crippen molar-refractivity contribution in [3.8, 4) is 0 Å². The van der Waals surface area contributed by atoms with Gasteiger partial charge in [0.1, 0.15) is 12.1 Å². The SMILES string of the molecule is Cn1cnnc1CNc1c(F)cccc1C(=O)O. The number of para-hydroxylation sites is 1. The van der Waals surface area contributed by atoms with Crippen LogP contribution < -0.4 is 5.32 Å². The van der Waals surface area contributed by atoms with E-state index in [0.717, 1.165) is 0 Å². The highest BCUT2D eigenvalue weighted by molar-refractivity contribution is 5.94. The molecule has 0 radical (unpaired) electrons. The number of aromatic carboxylic acids is 1. The molecule has 7 heteroatoms. The van der Waals surface area contributed by atoms with Crippen LogP contribution in [0.5, 0.6) is 0 Å². The molecule has 0 bridgehead atoms. The van der Waals surface area contributed by atoms with Crippen LogP contribution in [0.4, 0.5) is 10.1 Å². The molecule has 0 unspecified atom stereocenters. The summed E-state index contributed by atoms with van der Waals surface area (Å²) in [7, 11) is 1.75. The summed E-state index contributed by atoms with van der Waals surface area (Å²) < 4.78 is 15.2. The predicted molar refractivity (Wildman–Crippen MR) is 61.7 cm³/mol. The number of aryl methyl sites for hydroxylation is 1. The third-order valence-corrected chi connectivity index (χ3v) is 2.47. The normalized spacial score (nSPS) is 10.3. The number of hydrogen-bond donors (Lipinski definition) is 2. The second-order valence-electron chi connectivity index (χ2n) is 3.68. The van der Waals surface area contributed by atoms with Gasteiger partial charge in [-0.15, -0.1) is 10.2 Å². The first kappa shape index (κ1) is 12.0. The molecule has 0 saturated carbocycles. The van der Waals surface area contributed by atoms with Crippen molar-refractivity contribution in [1.29, 1.82) is 0 Å². The zero-order chi connectivity index (χ0) is 13.1. The van der Waals surface area contributed by atoms with Gasteiger partial charge in [0.2, 0.25) is 0 Å². The molecule has 2 N–H and O–H groups in total. The Kier molecular flexibility index (Phi) is 3.22. The number of nitrogens with one attached hydrogen (secondary N) is 1. The summed E-state index contributed by atoms with van der Waals surface area (Å²) in [5.41, 5.74) is -0.162. The molecule has 0 amide bonds. The number of carboxylic acids is 1. The van der Waals surface area contributed by atoms with Gasteiger partial charge in [0.05, 0.1) is 17.8 Å². The Labute approximate surface area is 102 Å².